The van der Waals surface area contributed by atoms with Gasteiger partial charge in [-0.1, -0.05) is 18.1 Å². The van der Waals surface area contributed by atoms with Crippen LogP contribution in [0.2, 0.25) is 0 Å². The Hall–Kier alpha value is -3.26. The van der Waals surface area contributed by atoms with Gasteiger partial charge >= 0.3 is 0 Å². The summed E-state index contributed by atoms with van der Waals surface area (Å²) in [5.41, 5.74) is 3.53. The molecule has 0 unspecified atom stereocenters. The third-order valence-electron chi connectivity index (χ3n) is 3.80. The zero-order valence-electron chi connectivity index (χ0n) is 11.6. The molecule has 5 nitrogen and oxygen atoms in total. The van der Waals surface area contributed by atoms with Gasteiger partial charge in [0.15, 0.2) is 0 Å². The number of amides is 1. The van der Waals surface area contributed by atoms with E-state index < -0.39 is 0 Å². The lowest BCUT2D eigenvalue weighted by molar-refractivity contribution is 0.0959. The van der Waals surface area contributed by atoms with Crippen LogP contribution in [0.5, 0.6) is 0 Å². The highest BCUT2D eigenvalue weighted by Gasteiger charge is 2.11. The fourth-order valence-corrected chi connectivity index (χ4v) is 2.75. The highest BCUT2D eigenvalue weighted by atomic mass is 16.1. The van der Waals surface area contributed by atoms with Crippen LogP contribution in [0, 0.1) is 12.3 Å². The van der Waals surface area contributed by atoms with Crippen LogP contribution in [-0.2, 0) is 0 Å². The number of aromatic amines is 2. The highest BCUT2D eigenvalue weighted by Crippen LogP contribution is 2.30. The maximum absolute atomic E-state index is 12.0. The van der Waals surface area contributed by atoms with Crippen LogP contribution in [0.3, 0.4) is 0 Å². The van der Waals surface area contributed by atoms with Crippen LogP contribution in [0.25, 0.3) is 32.7 Å². The fraction of sp³-hybridized carbons (Fsp3) is 0.0588. The van der Waals surface area contributed by atoms with Gasteiger partial charge in [-0.2, -0.15) is 5.10 Å². The Morgan fingerprint density at radius 1 is 1.23 bits per heavy atom. The standard InChI is InChI=1S/C17H12N4O/c1-2-7-18-17(22)10-4-6-14-13(8-10)12-5-3-11-9-19-21-15(11)16(12)20-14/h1,3-6,8-9,20H,7H2,(H,18,22)(H,19,21). The molecule has 3 N–H and O–H groups in total. The Bertz CT molecular complexity index is 1060. The molecule has 4 aromatic rings. The van der Waals surface area contributed by atoms with E-state index >= 15 is 0 Å². The second kappa shape index (κ2) is 4.64. The van der Waals surface area contributed by atoms with Gasteiger partial charge in [0.1, 0.15) is 0 Å². The van der Waals surface area contributed by atoms with Gasteiger partial charge in [-0.3, -0.25) is 9.89 Å². The van der Waals surface area contributed by atoms with Gasteiger partial charge in [0.05, 0.1) is 23.8 Å². The topological polar surface area (TPSA) is 73.6 Å². The maximum Gasteiger partial charge on any atom is 0.252 e. The average molecular weight is 288 g/mol. The largest absolute Gasteiger partial charge is 0.353 e. The number of rotatable bonds is 2. The Morgan fingerprint density at radius 3 is 3.00 bits per heavy atom. The molecule has 1 amide bonds. The molecule has 22 heavy (non-hydrogen) atoms. The first-order valence-corrected chi connectivity index (χ1v) is 6.87. The molecule has 0 radical (unpaired) electrons. The Balaban J connectivity index is 1.93. The van der Waals surface area contributed by atoms with Crippen LogP contribution in [0.4, 0.5) is 0 Å². The molecule has 4 rings (SSSR count). The molecule has 2 aromatic carbocycles. The van der Waals surface area contributed by atoms with Crippen LogP contribution in [0.15, 0.2) is 36.5 Å². The zero-order chi connectivity index (χ0) is 15.1. The van der Waals surface area contributed by atoms with Gasteiger partial charge in [0.25, 0.3) is 5.91 Å². The van der Waals surface area contributed by atoms with Crippen molar-refractivity contribution in [3.8, 4) is 12.3 Å². The van der Waals surface area contributed by atoms with Crippen molar-refractivity contribution < 1.29 is 4.79 Å². The van der Waals surface area contributed by atoms with Crippen molar-refractivity contribution in [3.05, 3.63) is 42.1 Å². The van der Waals surface area contributed by atoms with E-state index in [1.54, 1.807) is 12.3 Å². The van der Waals surface area contributed by atoms with E-state index in [1.165, 1.54) is 0 Å². The fourth-order valence-electron chi connectivity index (χ4n) is 2.75. The van der Waals surface area contributed by atoms with Crippen molar-refractivity contribution in [3.63, 3.8) is 0 Å². The quantitative estimate of drug-likeness (QED) is 0.496. The summed E-state index contributed by atoms with van der Waals surface area (Å²) in [6.45, 7) is 0.222. The average Bonchev–Trinajstić information content (AvgIpc) is 3.15. The Labute approximate surface area is 125 Å². The number of benzene rings is 2. The van der Waals surface area contributed by atoms with Gasteiger partial charge in [-0.25, -0.2) is 0 Å². The number of nitrogens with zero attached hydrogens (tertiary/aromatic N) is 1. The third-order valence-corrected chi connectivity index (χ3v) is 3.80. The molecule has 2 aromatic heterocycles. The minimum Gasteiger partial charge on any atom is -0.353 e. The van der Waals surface area contributed by atoms with Gasteiger partial charge in [-0.05, 0) is 18.2 Å². The number of terminal acetylenes is 1. The number of H-pyrrole nitrogens is 2. The van der Waals surface area contributed by atoms with Gasteiger partial charge in [-0.15, -0.1) is 6.42 Å². The summed E-state index contributed by atoms with van der Waals surface area (Å²) < 4.78 is 0. The van der Waals surface area contributed by atoms with Crippen LogP contribution < -0.4 is 5.32 Å². The number of carbonyl (C=O) groups is 1. The maximum atomic E-state index is 12.0. The molecule has 0 spiro atoms. The predicted molar refractivity (Wildman–Crippen MR) is 86.6 cm³/mol. The first kappa shape index (κ1) is 12.5. The first-order chi connectivity index (χ1) is 10.8. The Morgan fingerprint density at radius 2 is 2.14 bits per heavy atom. The number of fused-ring (bicyclic) bond motifs is 5. The summed E-state index contributed by atoms with van der Waals surface area (Å²) in [7, 11) is 0. The number of carbonyl (C=O) groups excluding carboxylic acids is 1. The molecule has 106 valence electrons. The normalized spacial score (nSPS) is 11.0. The lowest BCUT2D eigenvalue weighted by Crippen LogP contribution is -2.23. The SMILES string of the molecule is C#CCNC(=O)c1ccc2[nH]c3c(ccc4cn[nH]c43)c2c1. The van der Waals surface area contributed by atoms with E-state index in [2.05, 4.69) is 26.4 Å². The molecule has 0 aliphatic carbocycles. The summed E-state index contributed by atoms with van der Waals surface area (Å²) in [4.78, 5) is 15.4. The minimum atomic E-state index is -0.170. The lowest BCUT2D eigenvalue weighted by atomic mass is 10.1. The molecule has 5 heteroatoms. The molecule has 0 saturated heterocycles. The summed E-state index contributed by atoms with van der Waals surface area (Å²) in [5, 5.41) is 12.9. The van der Waals surface area contributed by atoms with Gasteiger partial charge in [0, 0.05) is 27.2 Å². The van der Waals surface area contributed by atoms with E-state index in [-0.39, 0.29) is 12.5 Å². The third kappa shape index (κ3) is 1.75. The predicted octanol–water partition coefficient (Wildman–Crippen LogP) is 2.56. The molecule has 0 fully saturated rings. The second-order valence-corrected chi connectivity index (χ2v) is 5.09. The number of nitrogens with one attached hydrogen (secondary N) is 3. The minimum absolute atomic E-state index is 0.170. The molecule has 2 heterocycles. The summed E-state index contributed by atoms with van der Waals surface area (Å²) in [6, 6.07) is 9.62. The van der Waals surface area contributed by atoms with Crippen LogP contribution >= 0.6 is 0 Å². The van der Waals surface area contributed by atoms with E-state index in [4.69, 9.17) is 6.42 Å². The number of aromatic nitrogens is 3. The van der Waals surface area contributed by atoms with Crippen molar-refractivity contribution in [1.82, 2.24) is 20.5 Å². The van der Waals surface area contributed by atoms with E-state index in [0.29, 0.717) is 5.56 Å². The van der Waals surface area contributed by atoms with Gasteiger partial charge < -0.3 is 10.3 Å². The number of hydrogen-bond acceptors (Lipinski definition) is 2. The van der Waals surface area contributed by atoms with E-state index in [0.717, 1.165) is 32.7 Å². The molecule has 0 bridgehead atoms. The highest BCUT2D eigenvalue weighted by molar-refractivity contribution is 6.16. The van der Waals surface area contributed by atoms with Crippen molar-refractivity contribution >= 4 is 38.6 Å². The van der Waals surface area contributed by atoms with E-state index in [9.17, 15) is 4.79 Å². The summed E-state index contributed by atoms with van der Waals surface area (Å²) >= 11 is 0. The molecule has 0 atom stereocenters. The molecular weight excluding hydrogens is 276 g/mol. The summed E-state index contributed by atoms with van der Waals surface area (Å²) in [6.07, 6.45) is 6.96. The Kier molecular flexibility index (Phi) is 2.63. The smallest absolute Gasteiger partial charge is 0.252 e. The monoisotopic (exact) mass is 288 g/mol. The lowest BCUT2D eigenvalue weighted by Gasteiger charge is -2.01. The van der Waals surface area contributed by atoms with Crippen molar-refractivity contribution in [2.24, 2.45) is 0 Å². The van der Waals surface area contributed by atoms with Crippen molar-refractivity contribution in [1.29, 1.82) is 0 Å². The van der Waals surface area contributed by atoms with Crippen molar-refractivity contribution in [2.45, 2.75) is 0 Å². The molecule has 0 saturated carbocycles. The summed E-state index contributed by atoms with van der Waals surface area (Å²) in [5.74, 6) is 2.23. The van der Waals surface area contributed by atoms with Crippen LogP contribution in [-0.4, -0.2) is 27.6 Å². The number of hydrogen-bond donors (Lipinski definition) is 3. The molecule has 0 aliphatic rings. The first-order valence-electron chi connectivity index (χ1n) is 6.87. The van der Waals surface area contributed by atoms with Crippen LogP contribution in [0.1, 0.15) is 10.4 Å². The van der Waals surface area contributed by atoms with Gasteiger partial charge in [0.2, 0.25) is 0 Å². The zero-order valence-corrected chi connectivity index (χ0v) is 11.6. The van der Waals surface area contributed by atoms with Crippen molar-refractivity contribution in [2.75, 3.05) is 6.54 Å². The molecule has 0 aliphatic heterocycles. The molecular formula is C17H12N4O. The second-order valence-electron chi connectivity index (χ2n) is 5.09. The van der Waals surface area contributed by atoms with E-state index in [1.807, 2.05) is 24.3 Å².